The third kappa shape index (κ3) is 3.35. The quantitative estimate of drug-likeness (QED) is 0.870. The van der Waals surface area contributed by atoms with Gasteiger partial charge in [-0.05, 0) is 45.6 Å². The number of imidazole rings is 1. The zero-order chi connectivity index (χ0) is 15.5. The third-order valence-corrected chi connectivity index (χ3v) is 4.53. The molecule has 1 atom stereocenters. The van der Waals surface area contributed by atoms with E-state index < -0.39 is 0 Å². The fourth-order valence-corrected chi connectivity index (χ4v) is 3.22. The van der Waals surface area contributed by atoms with Crippen molar-refractivity contribution >= 4 is 0 Å². The minimum Gasteiger partial charge on any atom is -0.333 e. The van der Waals surface area contributed by atoms with Gasteiger partial charge in [0.2, 0.25) is 0 Å². The minimum absolute atomic E-state index is 0.639. The van der Waals surface area contributed by atoms with Crippen LogP contribution in [0.2, 0.25) is 0 Å². The molecule has 118 valence electrons. The average molecular weight is 299 g/mol. The van der Waals surface area contributed by atoms with E-state index in [4.69, 9.17) is 0 Å². The van der Waals surface area contributed by atoms with Gasteiger partial charge in [-0.15, -0.1) is 0 Å². The number of piperidine rings is 1. The Hall–Kier alpha value is -1.75. The Labute approximate surface area is 132 Å². The van der Waals surface area contributed by atoms with Crippen molar-refractivity contribution in [3.8, 4) is 11.5 Å². The molecular weight excluding hydrogens is 274 g/mol. The molecule has 3 rings (SSSR count). The zero-order valence-electron chi connectivity index (χ0n) is 13.7. The molecule has 2 aromatic heterocycles. The molecule has 3 heterocycles. The highest BCUT2D eigenvalue weighted by Gasteiger charge is 2.22. The lowest BCUT2D eigenvalue weighted by molar-refractivity contribution is 0.139. The van der Waals surface area contributed by atoms with Crippen LogP contribution in [0.5, 0.6) is 0 Å². The highest BCUT2D eigenvalue weighted by molar-refractivity contribution is 5.47. The van der Waals surface area contributed by atoms with Crippen molar-refractivity contribution in [1.82, 2.24) is 24.4 Å². The molecule has 0 aromatic carbocycles. The molecule has 1 aliphatic rings. The molecule has 0 N–H and O–H groups in total. The number of hydrogen-bond acceptors (Lipinski definition) is 4. The average Bonchev–Trinajstić information content (AvgIpc) is 2.94. The van der Waals surface area contributed by atoms with E-state index in [-0.39, 0.29) is 0 Å². The van der Waals surface area contributed by atoms with E-state index in [0.29, 0.717) is 12.0 Å². The summed E-state index contributed by atoms with van der Waals surface area (Å²) in [6.45, 7) is 6.98. The number of hydrogen-bond donors (Lipinski definition) is 0. The highest BCUT2D eigenvalue weighted by atomic mass is 15.2. The lowest BCUT2D eigenvalue weighted by atomic mass is 9.93. The van der Waals surface area contributed by atoms with Crippen molar-refractivity contribution in [3.05, 3.63) is 30.5 Å². The molecule has 0 bridgehead atoms. The fourth-order valence-electron chi connectivity index (χ4n) is 3.22. The van der Waals surface area contributed by atoms with E-state index in [1.54, 1.807) is 6.20 Å². The summed E-state index contributed by atoms with van der Waals surface area (Å²) in [5.41, 5.74) is 1.93. The summed E-state index contributed by atoms with van der Waals surface area (Å²) in [6, 6.07) is 0.639. The SMILES string of the molecule is CC(C)N1CCC[C@H](Cc2cnc(-c3nccn3C)cn2)C1. The lowest BCUT2D eigenvalue weighted by Gasteiger charge is -2.35. The van der Waals surface area contributed by atoms with Crippen molar-refractivity contribution in [2.24, 2.45) is 13.0 Å². The van der Waals surface area contributed by atoms with Gasteiger partial charge in [-0.2, -0.15) is 0 Å². The Morgan fingerprint density at radius 2 is 2.09 bits per heavy atom. The molecule has 0 radical (unpaired) electrons. The fraction of sp³-hybridized carbons (Fsp3) is 0.588. The molecular formula is C17H25N5. The Bertz CT molecular complexity index is 602. The molecule has 5 heteroatoms. The first-order chi connectivity index (χ1) is 10.6. The van der Waals surface area contributed by atoms with Gasteiger partial charge in [-0.3, -0.25) is 4.98 Å². The lowest BCUT2D eigenvalue weighted by Crippen LogP contribution is -2.40. The first-order valence-corrected chi connectivity index (χ1v) is 8.16. The predicted octanol–water partition coefficient (Wildman–Crippen LogP) is 2.54. The molecule has 0 spiro atoms. The molecule has 22 heavy (non-hydrogen) atoms. The molecule has 0 aliphatic carbocycles. The van der Waals surface area contributed by atoms with Crippen LogP contribution in [0.15, 0.2) is 24.8 Å². The van der Waals surface area contributed by atoms with Gasteiger partial charge in [-0.1, -0.05) is 0 Å². The monoisotopic (exact) mass is 299 g/mol. The number of likely N-dealkylation sites (tertiary alicyclic amines) is 1. The summed E-state index contributed by atoms with van der Waals surface area (Å²) in [7, 11) is 1.97. The van der Waals surface area contributed by atoms with E-state index >= 15 is 0 Å². The number of aryl methyl sites for hydroxylation is 1. The van der Waals surface area contributed by atoms with Crippen LogP contribution >= 0.6 is 0 Å². The van der Waals surface area contributed by atoms with Gasteiger partial charge >= 0.3 is 0 Å². The largest absolute Gasteiger partial charge is 0.333 e. The van der Waals surface area contributed by atoms with E-state index in [0.717, 1.165) is 23.6 Å². The van der Waals surface area contributed by atoms with Gasteiger partial charge in [0, 0.05) is 38.2 Å². The van der Waals surface area contributed by atoms with E-state index in [9.17, 15) is 0 Å². The van der Waals surface area contributed by atoms with Crippen molar-refractivity contribution in [1.29, 1.82) is 0 Å². The molecule has 0 unspecified atom stereocenters. The summed E-state index contributed by atoms with van der Waals surface area (Å²) in [4.78, 5) is 16.0. The number of aromatic nitrogens is 4. The maximum atomic E-state index is 4.61. The van der Waals surface area contributed by atoms with Crippen molar-refractivity contribution in [3.63, 3.8) is 0 Å². The summed E-state index contributed by atoms with van der Waals surface area (Å²) < 4.78 is 1.96. The van der Waals surface area contributed by atoms with Crippen LogP contribution in [0.25, 0.3) is 11.5 Å². The summed E-state index contributed by atoms with van der Waals surface area (Å²) >= 11 is 0. The Morgan fingerprint density at radius 3 is 2.73 bits per heavy atom. The second kappa shape index (κ2) is 6.57. The third-order valence-electron chi connectivity index (χ3n) is 4.53. The van der Waals surface area contributed by atoms with Crippen molar-refractivity contribution < 1.29 is 0 Å². The Kier molecular flexibility index (Phi) is 4.52. The molecule has 0 amide bonds. The molecule has 2 aromatic rings. The molecule has 1 fully saturated rings. The molecule has 1 aliphatic heterocycles. The Balaban J connectivity index is 1.65. The van der Waals surface area contributed by atoms with Gasteiger partial charge in [0.15, 0.2) is 5.82 Å². The normalized spacial score (nSPS) is 19.7. The van der Waals surface area contributed by atoms with E-state index in [2.05, 4.69) is 33.7 Å². The standard InChI is InChI=1S/C17H25N5/c1-13(2)22-7-4-5-14(12-22)9-15-10-20-16(11-19-15)17-18-6-8-21(17)3/h6,8,10-11,13-14H,4-5,7,9,12H2,1-3H3/t14-/m1/s1. The van der Waals surface area contributed by atoms with Crippen LogP contribution in [-0.4, -0.2) is 43.6 Å². The maximum absolute atomic E-state index is 4.61. The molecule has 1 saturated heterocycles. The van der Waals surface area contributed by atoms with Crippen LogP contribution in [0, 0.1) is 5.92 Å². The van der Waals surface area contributed by atoms with Crippen LogP contribution in [-0.2, 0) is 13.5 Å². The first-order valence-electron chi connectivity index (χ1n) is 8.16. The van der Waals surface area contributed by atoms with Crippen LogP contribution in [0.4, 0.5) is 0 Å². The maximum Gasteiger partial charge on any atom is 0.159 e. The summed E-state index contributed by atoms with van der Waals surface area (Å²) in [6.07, 6.45) is 11.1. The van der Waals surface area contributed by atoms with Gasteiger partial charge in [-0.25, -0.2) is 9.97 Å². The van der Waals surface area contributed by atoms with E-state index in [1.807, 2.05) is 30.2 Å². The topological polar surface area (TPSA) is 46.8 Å². The summed E-state index contributed by atoms with van der Waals surface area (Å²) in [5.74, 6) is 1.56. The van der Waals surface area contributed by atoms with Gasteiger partial charge in [0.1, 0.15) is 5.69 Å². The van der Waals surface area contributed by atoms with Gasteiger partial charge < -0.3 is 9.47 Å². The van der Waals surface area contributed by atoms with Crippen LogP contribution < -0.4 is 0 Å². The first kappa shape index (κ1) is 15.2. The highest BCUT2D eigenvalue weighted by Crippen LogP contribution is 2.22. The number of nitrogens with zero attached hydrogens (tertiary/aromatic N) is 5. The van der Waals surface area contributed by atoms with Crippen LogP contribution in [0.3, 0.4) is 0 Å². The number of rotatable bonds is 4. The predicted molar refractivity (Wildman–Crippen MR) is 87.4 cm³/mol. The van der Waals surface area contributed by atoms with Gasteiger partial charge in [0.05, 0.1) is 11.9 Å². The minimum atomic E-state index is 0.639. The zero-order valence-corrected chi connectivity index (χ0v) is 13.7. The van der Waals surface area contributed by atoms with Crippen molar-refractivity contribution in [2.75, 3.05) is 13.1 Å². The molecule has 0 saturated carbocycles. The van der Waals surface area contributed by atoms with E-state index in [1.165, 1.54) is 25.9 Å². The smallest absolute Gasteiger partial charge is 0.159 e. The second-order valence-electron chi connectivity index (χ2n) is 6.56. The second-order valence-corrected chi connectivity index (χ2v) is 6.56. The van der Waals surface area contributed by atoms with Crippen LogP contribution in [0.1, 0.15) is 32.4 Å². The summed E-state index contributed by atoms with van der Waals surface area (Å²) in [5, 5.41) is 0. The van der Waals surface area contributed by atoms with Gasteiger partial charge in [0.25, 0.3) is 0 Å². The molecule has 5 nitrogen and oxygen atoms in total. The van der Waals surface area contributed by atoms with Crippen molar-refractivity contribution in [2.45, 2.75) is 39.2 Å². The Morgan fingerprint density at radius 1 is 1.23 bits per heavy atom.